The van der Waals surface area contributed by atoms with Gasteiger partial charge in [0.15, 0.2) is 0 Å². The zero-order valence-electron chi connectivity index (χ0n) is 13.0. The highest BCUT2D eigenvalue weighted by molar-refractivity contribution is 7.10. The number of hydrogen-bond donors (Lipinski definition) is 0. The van der Waals surface area contributed by atoms with Gasteiger partial charge in [-0.15, -0.1) is 11.3 Å². The van der Waals surface area contributed by atoms with E-state index in [1.54, 1.807) is 0 Å². The number of pyridine rings is 1. The number of morpholine rings is 1. The molecular weight excluding hydrogens is 294 g/mol. The molecule has 0 radical (unpaired) electrons. The number of thiophene rings is 1. The summed E-state index contributed by atoms with van der Waals surface area (Å²) in [6.45, 7) is 5.60. The Bertz CT molecular complexity index is 540. The molecule has 0 amide bonds. The SMILES string of the molecule is CN(Cc1ccccn1)CC(c1cccs1)N1CCOCC1. The number of aromatic nitrogens is 1. The highest BCUT2D eigenvalue weighted by atomic mass is 32.1. The number of hydrogen-bond acceptors (Lipinski definition) is 5. The molecule has 3 rings (SSSR count). The molecule has 1 fully saturated rings. The van der Waals surface area contributed by atoms with Crippen molar-refractivity contribution < 1.29 is 4.74 Å². The van der Waals surface area contributed by atoms with Crippen LogP contribution in [0.1, 0.15) is 16.6 Å². The Morgan fingerprint density at radius 3 is 2.82 bits per heavy atom. The minimum atomic E-state index is 0.442. The lowest BCUT2D eigenvalue weighted by atomic mass is 10.1. The first-order chi connectivity index (χ1) is 10.8. The Hall–Kier alpha value is -1.27. The first kappa shape index (κ1) is 15.6. The molecule has 118 valence electrons. The predicted octanol–water partition coefficient (Wildman–Crippen LogP) is 2.65. The van der Waals surface area contributed by atoms with Crippen LogP contribution < -0.4 is 0 Å². The fourth-order valence-electron chi connectivity index (χ4n) is 2.88. The van der Waals surface area contributed by atoms with Gasteiger partial charge in [0.2, 0.25) is 0 Å². The molecule has 22 heavy (non-hydrogen) atoms. The van der Waals surface area contributed by atoms with Crippen LogP contribution in [0.15, 0.2) is 41.9 Å². The molecule has 1 saturated heterocycles. The van der Waals surface area contributed by atoms with Crippen molar-refractivity contribution in [1.82, 2.24) is 14.8 Å². The van der Waals surface area contributed by atoms with Crippen molar-refractivity contribution in [2.45, 2.75) is 12.6 Å². The van der Waals surface area contributed by atoms with Gasteiger partial charge in [0, 0.05) is 37.3 Å². The molecule has 0 spiro atoms. The van der Waals surface area contributed by atoms with Gasteiger partial charge < -0.3 is 4.74 Å². The molecule has 1 unspecified atom stereocenters. The van der Waals surface area contributed by atoms with Gasteiger partial charge in [-0.05, 0) is 30.6 Å². The van der Waals surface area contributed by atoms with Crippen LogP contribution in [0.5, 0.6) is 0 Å². The molecule has 3 heterocycles. The van der Waals surface area contributed by atoms with Gasteiger partial charge in [-0.1, -0.05) is 12.1 Å². The molecule has 5 heteroatoms. The molecule has 2 aromatic rings. The van der Waals surface area contributed by atoms with Gasteiger partial charge in [0.1, 0.15) is 0 Å². The number of nitrogens with zero attached hydrogens (tertiary/aromatic N) is 3. The lowest BCUT2D eigenvalue weighted by Gasteiger charge is -2.36. The van der Waals surface area contributed by atoms with Crippen LogP contribution in [0.4, 0.5) is 0 Å². The van der Waals surface area contributed by atoms with E-state index in [1.165, 1.54) is 4.88 Å². The Morgan fingerprint density at radius 2 is 2.14 bits per heavy atom. The van der Waals surface area contributed by atoms with Crippen LogP contribution in [-0.4, -0.2) is 54.7 Å². The Labute approximate surface area is 136 Å². The third-order valence-corrected chi connectivity index (χ3v) is 4.97. The molecule has 0 saturated carbocycles. The van der Waals surface area contributed by atoms with Crippen LogP contribution in [0, 0.1) is 0 Å². The van der Waals surface area contributed by atoms with E-state index in [4.69, 9.17) is 4.74 Å². The molecule has 1 aliphatic heterocycles. The fourth-order valence-corrected chi connectivity index (χ4v) is 3.74. The quantitative estimate of drug-likeness (QED) is 0.819. The van der Waals surface area contributed by atoms with Gasteiger partial charge in [-0.2, -0.15) is 0 Å². The number of ether oxygens (including phenoxy) is 1. The highest BCUT2D eigenvalue weighted by Crippen LogP contribution is 2.27. The highest BCUT2D eigenvalue weighted by Gasteiger charge is 2.24. The van der Waals surface area contributed by atoms with E-state index >= 15 is 0 Å². The van der Waals surface area contributed by atoms with Gasteiger partial charge in [0.25, 0.3) is 0 Å². The molecule has 0 aromatic carbocycles. The first-order valence-electron chi connectivity index (χ1n) is 7.76. The summed E-state index contributed by atoms with van der Waals surface area (Å²) in [6.07, 6.45) is 1.86. The van der Waals surface area contributed by atoms with Crippen molar-refractivity contribution in [1.29, 1.82) is 0 Å². The van der Waals surface area contributed by atoms with Crippen molar-refractivity contribution in [3.63, 3.8) is 0 Å². The van der Waals surface area contributed by atoms with Crippen LogP contribution in [0.2, 0.25) is 0 Å². The summed E-state index contributed by atoms with van der Waals surface area (Å²) in [7, 11) is 2.18. The van der Waals surface area contributed by atoms with Crippen LogP contribution >= 0.6 is 11.3 Å². The van der Waals surface area contributed by atoms with E-state index in [-0.39, 0.29) is 0 Å². The molecule has 1 aliphatic rings. The molecule has 2 aromatic heterocycles. The second-order valence-electron chi connectivity index (χ2n) is 5.70. The first-order valence-corrected chi connectivity index (χ1v) is 8.64. The Kier molecular flexibility index (Phi) is 5.56. The van der Waals surface area contributed by atoms with Crippen molar-refractivity contribution in [2.24, 2.45) is 0 Å². The zero-order valence-corrected chi connectivity index (χ0v) is 13.8. The van der Waals surface area contributed by atoms with Crippen molar-refractivity contribution in [3.8, 4) is 0 Å². The third kappa shape index (κ3) is 4.14. The summed E-state index contributed by atoms with van der Waals surface area (Å²) in [6, 6.07) is 10.9. The predicted molar refractivity (Wildman–Crippen MR) is 90.0 cm³/mol. The van der Waals surface area contributed by atoms with Gasteiger partial charge >= 0.3 is 0 Å². The van der Waals surface area contributed by atoms with Crippen LogP contribution in [0.25, 0.3) is 0 Å². The van der Waals surface area contributed by atoms with E-state index in [1.807, 2.05) is 23.6 Å². The van der Waals surface area contributed by atoms with Crippen molar-refractivity contribution >= 4 is 11.3 Å². The van der Waals surface area contributed by atoms with E-state index in [9.17, 15) is 0 Å². The Balaban J connectivity index is 1.66. The maximum Gasteiger partial charge on any atom is 0.0594 e. The standard InChI is InChI=1S/C17H23N3OS/c1-19(13-15-5-2-3-7-18-15)14-16(17-6-4-12-22-17)20-8-10-21-11-9-20/h2-7,12,16H,8-11,13-14H2,1H3. The molecule has 0 bridgehead atoms. The second-order valence-corrected chi connectivity index (χ2v) is 6.68. The average molecular weight is 317 g/mol. The van der Waals surface area contributed by atoms with Crippen LogP contribution in [0.3, 0.4) is 0 Å². The van der Waals surface area contributed by atoms with Crippen molar-refractivity contribution in [2.75, 3.05) is 39.9 Å². The summed E-state index contributed by atoms with van der Waals surface area (Å²) < 4.78 is 5.51. The maximum atomic E-state index is 5.51. The molecule has 4 nitrogen and oxygen atoms in total. The maximum absolute atomic E-state index is 5.51. The van der Waals surface area contributed by atoms with E-state index in [0.29, 0.717) is 6.04 Å². The fraction of sp³-hybridized carbons (Fsp3) is 0.471. The largest absolute Gasteiger partial charge is 0.379 e. The Morgan fingerprint density at radius 1 is 1.27 bits per heavy atom. The van der Waals surface area contributed by atoms with Gasteiger partial charge in [0.05, 0.1) is 24.9 Å². The monoisotopic (exact) mass is 317 g/mol. The summed E-state index contributed by atoms with van der Waals surface area (Å²) >= 11 is 1.85. The second kappa shape index (κ2) is 7.83. The molecule has 0 N–H and O–H groups in total. The zero-order chi connectivity index (χ0) is 15.2. The average Bonchev–Trinajstić information content (AvgIpc) is 3.08. The normalized spacial score (nSPS) is 17.7. The number of likely N-dealkylation sites (N-methyl/N-ethyl adjacent to an activating group) is 1. The number of rotatable bonds is 6. The van der Waals surface area contributed by atoms with Gasteiger partial charge in [-0.25, -0.2) is 0 Å². The van der Waals surface area contributed by atoms with E-state index in [2.05, 4.69) is 51.5 Å². The van der Waals surface area contributed by atoms with Crippen molar-refractivity contribution in [3.05, 3.63) is 52.5 Å². The topological polar surface area (TPSA) is 28.6 Å². The minimum absolute atomic E-state index is 0.442. The summed E-state index contributed by atoms with van der Waals surface area (Å²) in [5.74, 6) is 0. The third-order valence-electron chi connectivity index (χ3n) is 4.00. The van der Waals surface area contributed by atoms with E-state index < -0.39 is 0 Å². The summed E-state index contributed by atoms with van der Waals surface area (Å²) in [4.78, 5) is 10.8. The summed E-state index contributed by atoms with van der Waals surface area (Å²) in [5, 5.41) is 2.17. The minimum Gasteiger partial charge on any atom is -0.379 e. The lowest BCUT2D eigenvalue weighted by Crippen LogP contribution is -2.42. The molecule has 1 atom stereocenters. The lowest BCUT2D eigenvalue weighted by molar-refractivity contribution is 0.00957. The smallest absolute Gasteiger partial charge is 0.0594 e. The summed E-state index contributed by atoms with van der Waals surface area (Å²) in [5.41, 5.74) is 1.12. The van der Waals surface area contributed by atoms with Crippen LogP contribution in [-0.2, 0) is 11.3 Å². The molecular formula is C17H23N3OS. The van der Waals surface area contributed by atoms with E-state index in [0.717, 1.165) is 45.1 Å². The van der Waals surface area contributed by atoms with Gasteiger partial charge in [-0.3, -0.25) is 14.8 Å². The molecule has 0 aliphatic carbocycles.